The first-order chi connectivity index (χ1) is 6.72. The summed E-state index contributed by atoms with van der Waals surface area (Å²) in [4.78, 5) is 0. The lowest BCUT2D eigenvalue weighted by Crippen LogP contribution is -2.38. The van der Waals surface area contributed by atoms with E-state index in [2.05, 4.69) is 17.4 Å². The number of halogens is 1. The van der Waals surface area contributed by atoms with Gasteiger partial charge in [-0.1, -0.05) is 6.92 Å². The van der Waals surface area contributed by atoms with E-state index in [-0.39, 0.29) is 5.82 Å². The van der Waals surface area contributed by atoms with Crippen LogP contribution in [0.25, 0.3) is 0 Å². The number of anilines is 2. The third-order valence-electron chi connectivity index (χ3n) is 2.32. The molecule has 0 aliphatic carbocycles. The van der Waals surface area contributed by atoms with E-state index < -0.39 is 0 Å². The van der Waals surface area contributed by atoms with Crippen molar-refractivity contribution in [2.75, 3.05) is 24.0 Å². The maximum absolute atomic E-state index is 12.9. The van der Waals surface area contributed by atoms with Gasteiger partial charge in [0.2, 0.25) is 0 Å². The predicted molar refractivity (Wildman–Crippen MR) is 55.4 cm³/mol. The number of hydrazine groups is 2. The summed E-state index contributed by atoms with van der Waals surface area (Å²) >= 11 is 0. The van der Waals surface area contributed by atoms with E-state index in [1.165, 1.54) is 12.1 Å². The van der Waals surface area contributed by atoms with Crippen LogP contribution in [0.5, 0.6) is 0 Å². The highest BCUT2D eigenvalue weighted by molar-refractivity contribution is 5.72. The maximum Gasteiger partial charge on any atom is 0.125 e. The normalized spacial score (nSPS) is 15.5. The van der Waals surface area contributed by atoms with Crippen LogP contribution in [-0.4, -0.2) is 18.7 Å². The van der Waals surface area contributed by atoms with Gasteiger partial charge >= 0.3 is 0 Å². The SMILES string of the molecule is CCCN1c2ccc(F)cc2NN1C. The molecule has 3 nitrogen and oxygen atoms in total. The van der Waals surface area contributed by atoms with Gasteiger partial charge in [-0.15, -0.1) is 5.12 Å². The Hall–Kier alpha value is -1.29. The molecule has 0 saturated carbocycles. The Morgan fingerprint density at radius 2 is 2.21 bits per heavy atom. The van der Waals surface area contributed by atoms with Crippen molar-refractivity contribution in [3.8, 4) is 0 Å². The second kappa shape index (κ2) is 3.46. The lowest BCUT2D eigenvalue weighted by Gasteiger charge is -2.24. The van der Waals surface area contributed by atoms with Crippen molar-refractivity contribution in [2.45, 2.75) is 13.3 Å². The number of nitrogens with one attached hydrogen (secondary N) is 1. The summed E-state index contributed by atoms with van der Waals surface area (Å²) in [7, 11) is 1.92. The molecule has 0 amide bonds. The third-order valence-corrected chi connectivity index (χ3v) is 2.32. The van der Waals surface area contributed by atoms with Crippen LogP contribution in [0.15, 0.2) is 18.2 Å². The second-order valence-corrected chi connectivity index (χ2v) is 3.42. The van der Waals surface area contributed by atoms with E-state index in [0.29, 0.717) is 0 Å². The van der Waals surface area contributed by atoms with Gasteiger partial charge in [-0.3, -0.25) is 10.4 Å². The van der Waals surface area contributed by atoms with Gasteiger partial charge in [0, 0.05) is 19.7 Å². The molecule has 1 aliphatic heterocycles. The van der Waals surface area contributed by atoms with Crippen molar-refractivity contribution in [3.05, 3.63) is 24.0 Å². The van der Waals surface area contributed by atoms with Crippen LogP contribution in [0, 0.1) is 5.82 Å². The molecule has 1 N–H and O–H groups in total. The molecule has 0 bridgehead atoms. The number of benzene rings is 1. The molecule has 1 heterocycles. The third kappa shape index (κ3) is 1.42. The van der Waals surface area contributed by atoms with Gasteiger partial charge in [0.1, 0.15) is 5.82 Å². The Labute approximate surface area is 83.1 Å². The molecule has 0 saturated heterocycles. The van der Waals surface area contributed by atoms with Crippen LogP contribution in [0.4, 0.5) is 15.8 Å². The van der Waals surface area contributed by atoms with Crippen molar-refractivity contribution in [1.82, 2.24) is 5.12 Å². The number of hydrogen-bond acceptors (Lipinski definition) is 3. The lowest BCUT2D eigenvalue weighted by atomic mass is 10.2. The topological polar surface area (TPSA) is 18.5 Å². The number of rotatable bonds is 2. The van der Waals surface area contributed by atoms with Crippen LogP contribution < -0.4 is 10.4 Å². The van der Waals surface area contributed by atoms with E-state index in [0.717, 1.165) is 24.3 Å². The molecule has 1 aromatic carbocycles. The maximum atomic E-state index is 12.9. The molecule has 14 heavy (non-hydrogen) atoms. The fourth-order valence-corrected chi connectivity index (χ4v) is 1.70. The first kappa shape index (κ1) is 9.27. The smallest absolute Gasteiger partial charge is 0.125 e. The first-order valence-corrected chi connectivity index (χ1v) is 4.79. The highest BCUT2D eigenvalue weighted by Crippen LogP contribution is 2.33. The minimum Gasteiger partial charge on any atom is -0.299 e. The van der Waals surface area contributed by atoms with E-state index in [1.807, 2.05) is 12.2 Å². The molecule has 0 atom stereocenters. The lowest BCUT2D eigenvalue weighted by molar-refractivity contribution is 0.384. The highest BCUT2D eigenvalue weighted by Gasteiger charge is 2.22. The summed E-state index contributed by atoms with van der Waals surface area (Å²) in [6.45, 7) is 3.05. The highest BCUT2D eigenvalue weighted by atomic mass is 19.1. The molecule has 0 aromatic heterocycles. The van der Waals surface area contributed by atoms with Gasteiger partial charge in [-0.25, -0.2) is 4.39 Å². The van der Waals surface area contributed by atoms with Crippen LogP contribution >= 0.6 is 0 Å². The summed E-state index contributed by atoms with van der Waals surface area (Å²) < 4.78 is 12.9. The zero-order valence-corrected chi connectivity index (χ0v) is 8.42. The average molecular weight is 195 g/mol. The van der Waals surface area contributed by atoms with E-state index in [1.54, 1.807) is 6.07 Å². The summed E-state index contributed by atoms with van der Waals surface area (Å²) in [6.07, 6.45) is 1.06. The van der Waals surface area contributed by atoms with Gasteiger partial charge in [0.05, 0.1) is 11.4 Å². The molecule has 76 valence electrons. The van der Waals surface area contributed by atoms with Crippen molar-refractivity contribution in [2.24, 2.45) is 0 Å². The molecule has 0 spiro atoms. The minimum absolute atomic E-state index is 0.206. The fraction of sp³-hybridized carbons (Fsp3) is 0.400. The first-order valence-electron chi connectivity index (χ1n) is 4.79. The molecule has 2 rings (SSSR count). The van der Waals surface area contributed by atoms with Crippen LogP contribution in [0.3, 0.4) is 0 Å². The molecule has 0 unspecified atom stereocenters. The molecule has 1 aromatic rings. The van der Waals surface area contributed by atoms with Crippen molar-refractivity contribution >= 4 is 11.4 Å². The molecule has 4 heteroatoms. The molecular weight excluding hydrogens is 181 g/mol. The van der Waals surface area contributed by atoms with Gasteiger partial charge < -0.3 is 0 Å². The summed E-state index contributed by atoms with van der Waals surface area (Å²) in [5.74, 6) is -0.206. The van der Waals surface area contributed by atoms with Crippen molar-refractivity contribution in [1.29, 1.82) is 0 Å². The summed E-state index contributed by atoms with van der Waals surface area (Å²) in [5.41, 5.74) is 4.96. The predicted octanol–water partition coefficient (Wildman–Crippen LogP) is 2.23. The summed E-state index contributed by atoms with van der Waals surface area (Å²) in [5, 5.41) is 3.97. The Balaban J connectivity index is 2.33. The standard InChI is InChI=1S/C10H14FN3/c1-3-6-14-10-5-4-8(11)7-9(10)12-13(14)2/h4-5,7,12H,3,6H2,1-2H3. The van der Waals surface area contributed by atoms with Gasteiger partial charge in [0.15, 0.2) is 0 Å². The van der Waals surface area contributed by atoms with E-state index >= 15 is 0 Å². The largest absolute Gasteiger partial charge is 0.299 e. The van der Waals surface area contributed by atoms with E-state index in [4.69, 9.17) is 0 Å². The van der Waals surface area contributed by atoms with Gasteiger partial charge in [-0.05, 0) is 18.6 Å². The Bertz CT molecular complexity index is 340. The quantitative estimate of drug-likeness (QED) is 0.780. The van der Waals surface area contributed by atoms with Crippen molar-refractivity contribution < 1.29 is 4.39 Å². The number of nitrogens with zero attached hydrogens (tertiary/aromatic N) is 2. The molecule has 1 aliphatic rings. The van der Waals surface area contributed by atoms with Gasteiger partial charge in [-0.2, -0.15) is 0 Å². The minimum atomic E-state index is -0.206. The zero-order valence-electron chi connectivity index (χ0n) is 8.42. The van der Waals surface area contributed by atoms with Crippen LogP contribution in [-0.2, 0) is 0 Å². The van der Waals surface area contributed by atoms with E-state index in [9.17, 15) is 4.39 Å². The molecule has 0 radical (unpaired) electrons. The van der Waals surface area contributed by atoms with Crippen LogP contribution in [0.2, 0.25) is 0 Å². The monoisotopic (exact) mass is 195 g/mol. The summed E-state index contributed by atoms with van der Waals surface area (Å²) in [6, 6.07) is 4.81. The zero-order chi connectivity index (χ0) is 10.1. The Kier molecular flexibility index (Phi) is 2.29. The number of hydrogen-bond donors (Lipinski definition) is 1. The average Bonchev–Trinajstić information content (AvgIpc) is 2.43. The molecule has 0 fully saturated rings. The second-order valence-electron chi connectivity index (χ2n) is 3.42. The Morgan fingerprint density at radius 3 is 2.93 bits per heavy atom. The molecular formula is C10H14FN3. The van der Waals surface area contributed by atoms with Crippen LogP contribution in [0.1, 0.15) is 13.3 Å². The van der Waals surface area contributed by atoms with Crippen molar-refractivity contribution in [3.63, 3.8) is 0 Å². The number of fused-ring (bicyclic) bond motifs is 1. The Morgan fingerprint density at radius 1 is 1.43 bits per heavy atom. The van der Waals surface area contributed by atoms with Gasteiger partial charge in [0.25, 0.3) is 0 Å². The fourth-order valence-electron chi connectivity index (χ4n) is 1.70.